The number of aromatic nitrogens is 1. The number of nitrogens with zero attached hydrogens (tertiary/aromatic N) is 1. The van der Waals surface area contributed by atoms with E-state index in [0.29, 0.717) is 0 Å². The van der Waals surface area contributed by atoms with Crippen LogP contribution < -0.4 is 5.73 Å². The number of benzene rings is 1. The number of hydrogen-bond acceptors (Lipinski definition) is 3. The van der Waals surface area contributed by atoms with Crippen LogP contribution in [0.2, 0.25) is 0 Å². The number of nitrogens with two attached hydrogens (primary N) is 1. The van der Waals surface area contributed by atoms with Gasteiger partial charge in [-0.2, -0.15) is 0 Å². The van der Waals surface area contributed by atoms with Gasteiger partial charge in [0.15, 0.2) is 0 Å². The molecule has 15 heavy (non-hydrogen) atoms. The molecule has 0 amide bonds. The van der Waals surface area contributed by atoms with Crippen LogP contribution in [0.1, 0.15) is 16.1 Å². The number of aryl methyl sites for hydroxylation is 1. The van der Waals surface area contributed by atoms with E-state index in [1.165, 1.54) is 4.88 Å². The molecule has 0 aliphatic carbocycles. The molecule has 1 heterocycles. The molecule has 0 radical (unpaired) electrons. The van der Waals surface area contributed by atoms with Crippen LogP contribution in [0, 0.1) is 6.92 Å². The van der Waals surface area contributed by atoms with Crippen LogP contribution in [0.15, 0.2) is 28.2 Å². The van der Waals surface area contributed by atoms with Gasteiger partial charge in [0.1, 0.15) is 0 Å². The van der Waals surface area contributed by atoms with Gasteiger partial charge in [-0.25, -0.2) is 4.98 Å². The lowest BCUT2D eigenvalue weighted by molar-refractivity contribution is 1.15. The second-order valence-corrected chi connectivity index (χ2v) is 5.24. The Morgan fingerprint density at radius 2 is 2.27 bits per heavy atom. The minimum absolute atomic E-state index is 0.831. The monoisotopic (exact) mass is 282 g/mol. The van der Waals surface area contributed by atoms with Crippen molar-refractivity contribution < 1.29 is 0 Å². The Morgan fingerprint density at radius 1 is 1.47 bits per heavy atom. The van der Waals surface area contributed by atoms with Crippen molar-refractivity contribution in [3.63, 3.8) is 0 Å². The summed E-state index contributed by atoms with van der Waals surface area (Å²) >= 11 is 5.08. The highest BCUT2D eigenvalue weighted by atomic mass is 79.9. The minimum Gasteiger partial charge on any atom is -0.398 e. The fraction of sp³-hybridized carbons (Fsp3) is 0.182. The van der Waals surface area contributed by atoms with Gasteiger partial charge in [0, 0.05) is 21.5 Å². The summed E-state index contributed by atoms with van der Waals surface area (Å²) in [6.45, 7) is 2.03. The lowest BCUT2D eigenvalue weighted by atomic mass is 10.1. The van der Waals surface area contributed by atoms with Gasteiger partial charge in [-0.1, -0.05) is 22.0 Å². The Balaban J connectivity index is 2.29. The topological polar surface area (TPSA) is 38.9 Å². The molecule has 2 rings (SSSR count). The number of anilines is 1. The molecule has 1 aromatic carbocycles. The van der Waals surface area contributed by atoms with Gasteiger partial charge in [0.25, 0.3) is 0 Å². The van der Waals surface area contributed by atoms with Crippen LogP contribution in [-0.2, 0) is 6.42 Å². The molecule has 2 nitrogen and oxygen atoms in total. The predicted octanol–water partition coefficient (Wildman–Crippen LogP) is 3.39. The van der Waals surface area contributed by atoms with E-state index in [0.717, 1.165) is 27.8 Å². The lowest BCUT2D eigenvalue weighted by Gasteiger charge is -2.04. The predicted molar refractivity (Wildman–Crippen MR) is 68.2 cm³/mol. The summed E-state index contributed by atoms with van der Waals surface area (Å²) < 4.78 is 1.02. The number of thiazole rings is 1. The van der Waals surface area contributed by atoms with Crippen molar-refractivity contribution in [2.75, 3.05) is 5.73 Å². The zero-order valence-electron chi connectivity index (χ0n) is 8.33. The first-order chi connectivity index (χ1) is 7.16. The van der Waals surface area contributed by atoms with Crippen molar-refractivity contribution in [3.05, 3.63) is 44.3 Å². The van der Waals surface area contributed by atoms with E-state index < -0.39 is 0 Å². The number of nitrogen functional groups attached to an aromatic ring is 1. The Bertz CT molecular complexity index is 479. The Hall–Kier alpha value is -0.870. The van der Waals surface area contributed by atoms with Gasteiger partial charge in [-0.15, -0.1) is 11.3 Å². The van der Waals surface area contributed by atoms with Crippen molar-refractivity contribution in [2.24, 2.45) is 0 Å². The first-order valence-electron chi connectivity index (χ1n) is 4.59. The molecule has 0 aliphatic rings. The maximum Gasteiger partial charge on any atom is 0.0797 e. The first-order valence-corrected chi connectivity index (χ1v) is 6.27. The number of hydrogen-bond donors (Lipinski definition) is 1. The molecule has 0 bridgehead atoms. The lowest BCUT2D eigenvalue weighted by Crippen LogP contribution is -1.95. The molecule has 4 heteroatoms. The van der Waals surface area contributed by atoms with Crippen molar-refractivity contribution in [3.8, 4) is 0 Å². The average Bonchev–Trinajstić information content (AvgIpc) is 2.57. The Labute approximate surface area is 101 Å². The van der Waals surface area contributed by atoms with Gasteiger partial charge in [-0.05, 0) is 24.6 Å². The third-order valence-corrected chi connectivity index (χ3v) is 3.73. The summed E-state index contributed by atoms with van der Waals surface area (Å²) in [4.78, 5) is 5.51. The fourth-order valence-electron chi connectivity index (χ4n) is 1.40. The highest BCUT2D eigenvalue weighted by Gasteiger charge is 2.05. The van der Waals surface area contributed by atoms with E-state index in [2.05, 4.69) is 27.0 Å². The molecule has 78 valence electrons. The SMILES string of the molecule is Cc1ncsc1Cc1ccc(Br)cc1N. The standard InChI is InChI=1S/C11H11BrN2S/c1-7-11(15-6-14-7)4-8-2-3-9(12)5-10(8)13/h2-3,5-6H,4,13H2,1H3. The van der Waals surface area contributed by atoms with Crippen molar-refractivity contribution >= 4 is 33.0 Å². The second-order valence-electron chi connectivity index (χ2n) is 3.38. The van der Waals surface area contributed by atoms with Gasteiger partial charge in [-0.3, -0.25) is 0 Å². The Morgan fingerprint density at radius 3 is 2.87 bits per heavy atom. The molecule has 0 unspecified atom stereocenters. The normalized spacial score (nSPS) is 10.5. The highest BCUT2D eigenvalue weighted by Crippen LogP contribution is 2.23. The molecule has 0 fully saturated rings. The van der Waals surface area contributed by atoms with E-state index in [9.17, 15) is 0 Å². The molecular weight excluding hydrogens is 272 g/mol. The molecule has 1 aromatic heterocycles. The van der Waals surface area contributed by atoms with Crippen LogP contribution in [0.25, 0.3) is 0 Å². The van der Waals surface area contributed by atoms with Crippen molar-refractivity contribution in [1.82, 2.24) is 4.98 Å². The molecule has 0 atom stereocenters. The number of rotatable bonds is 2. The Kier molecular flexibility index (Phi) is 3.07. The molecule has 2 aromatic rings. The molecule has 0 saturated carbocycles. The van der Waals surface area contributed by atoms with E-state index in [1.807, 2.05) is 24.6 Å². The van der Waals surface area contributed by atoms with Gasteiger partial charge in [0.2, 0.25) is 0 Å². The van der Waals surface area contributed by atoms with E-state index in [1.54, 1.807) is 11.3 Å². The van der Waals surface area contributed by atoms with E-state index in [4.69, 9.17) is 5.73 Å². The van der Waals surface area contributed by atoms with E-state index in [-0.39, 0.29) is 0 Å². The third-order valence-electron chi connectivity index (χ3n) is 2.30. The van der Waals surface area contributed by atoms with E-state index >= 15 is 0 Å². The molecule has 2 N–H and O–H groups in total. The van der Waals surface area contributed by atoms with Crippen LogP contribution in [0.4, 0.5) is 5.69 Å². The maximum absolute atomic E-state index is 5.94. The summed E-state index contributed by atoms with van der Waals surface area (Å²) in [6, 6.07) is 6.01. The summed E-state index contributed by atoms with van der Waals surface area (Å²) in [7, 11) is 0. The molecule has 0 spiro atoms. The van der Waals surface area contributed by atoms with Gasteiger partial charge in [0.05, 0.1) is 11.2 Å². The van der Waals surface area contributed by atoms with Crippen molar-refractivity contribution in [1.29, 1.82) is 0 Å². The maximum atomic E-state index is 5.94. The van der Waals surface area contributed by atoms with Crippen LogP contribution in [-0.4, -0.2) is 4.98 Å². The molecule has 0 aliphatic heterocycles. The summed E-state index contributed by atoms with van der Waals surface area (Å²) in [5, 5.41) is 0. The van der Waals surface area contributed by atoms with Crippen LogP contribution in [0.5, 0.6) is 0 Å². The highest BCUT2D eigenvalue weighted by molar-refractivity contribution is 9.10. The van der Waals surface area contributed by atoms with Gasteiger partial charge >= 0.3 is 0 Å². The summed E-state index contributed by atoms with van der Waals surface area (Å²) in [5.74, 6) is 0. The average molecular weight is 283 g/mol. The van der Waals surface area contributed by atoms with Gasteiger partial charge < -0.3 is 5.73 Å². The molecule has 0 saturated heterocycles. The summed E-state index contributed by atoms with van der Waals surface area (Å²) in [6.07, 6.45) is 0.871. The largest absolute Gasteiger partial charge is 0.398 e. The fourth-order valence-corrected chi connectivity index (χ4v) is 2.57. The van der Waals surface area contributed by atoms with Crippen molar-refractivity contribution in [2.45, 2.75) is 13.3 Å². The zero-order valence-corrected chi connectivity index (χ0v) is 10.7. The molecular formula is C11H11BrN2S. The van der Waals surface area contributed by atoms with Crippen LogP contribution in [0.3, 0.4) is 0 Å². The number of halogens is 1. The minimum atomic E-state index is 0.831. The smallest absolute Gasteiger partial charge is 0.0797 e. The third kappa shape index (κ3) is 2.38. The zero-order chi connectivity index (χ0) is 10.8. The van der Waals surface area contributed by atoms with Crippen LogP contribution >= 0.6 is 27.3 Å². The first kappa shape index (κ1) is 10.6. The summed E-state index contributed by atoms with van der Waals surface area (Å²) in [5.41, 5.74) is 10.9. The second kappa shape index (κ2) is 4.33. The quantitative estimate of drug-likeness (QED) is 0.858.